The van der Waals surface area contributed by atoms with Crippen molar-refractivity contribution in [3.63, 3.8) is 0 Å². The first kappa shape index (κ1) is 13.3. The zero-order chi connectivity index (χ0) is 13.3. The Morgan fingerprint density at radius 1 is 1.67 bits per heavy atom. The lowest BCUT2D eigenvalue weighted by Gasteiger charge is -2.11. The number of anilines is 1. The summed E-state index contributed by atoms with van der Waals surface area (Å²) < 4.78 is 34.9. The maximum Gasteiger partial charge on any atom is 0.307 e. The fourth-order valence-electron chi connectivity index (χ4n) is 1.52. The number of halogens is 1. The summed E-state index contributed by atoms with van der Waals surface area (Å²) in [6.45, 7) is -0.234. The van der Waals surface area contributed by atoms with Gasteiger partial charge in [-0.3, -0.25) is 9.69 Å². The van der Waals surface area contributed by atoms with Crippen LogP contribution in [-0.2, 0) is 15.0 Å². The van der Waals surface area contributed by atoms with E-state index < -0.39 is 21.4 Å². The van der Waals surface area contributed by atoms with Crippen molar-refractivity contribution in [2.24, 2.45) is 0 Å². The highest BCUT2D eigenvalue weighted by molar-refractivity contribution is 8.05. The Bertz CT molecular complexity index is 621. The van der Waals surface area contributed by atoms with E-state index in [1.54, 1.807) is 0 Å². The molecule has 0 radical (unpaired) electrons. The second kappa shape index (κ2) is 4.83. The number of thiazole rings is 1. The number of amides is 1. The molecule has 2 rings (SSSR count). The number of thioether (sulfide) groups is 1. The minimum Gasteiger partial charge on any atom is -0.287 e. The molecule has 1 aliphatic rings. The van der Waals surface area contributed by atoms with Crippen LogP contribution in [0.15, 0.2) is 10.4 Å². The minimum atomic E-state index is -4.72. The molecule has 0 bridgehead atoms. The third-order valence-corrected chi connectivity index (χ3v) is 5.16. The van der Waals surface area contributed by atoms with Crippen molar-refractivity contribution in [1.82, 2.24) is 4.98 Å². The topological polar surface area (TPSA) is 91.1 Å². The van der Waals surface area contributed by atoms with E-state index in [2.05, 4.69) is 4.98 Å². The number of aromatic nitrogens is 1. The Kier molecular flexibility index (Phi) is 3.56. The van der Waals surface area contributed by atoms with E-state index in [9.17, 15) is 17.1 Å². The lowest BCUT2D eigenvalue weighted by atomic mass is 10.4. The van der Waals surface area contributed by atoms with E-state index in [4.69, 9.17) is 5.26 Å². The van der Waals surface area contributed by atoms with Gasteiger partial charge in [0, 0.05) is 24.7 Å². The van der Waals surface area contributed by atoms with Gasteiger partial charge >= 0.3 is 10.2 Å². The Labute approximate surface area is 111 Å². The number of nitrogens with zero attached hydrogens (tertiary/aromatic N) is 3. The number of hydrogen-bond donors (Lipinski definition) is 0. The number of thiocyanates is 1. The van der Waals surface area contributed by atoms with E-state index >= 15 is 0 Å². The maximum atomic E-state index is 12.8. The minimum absolute atomic E-state index is 0.234. The van der Waals surface area contributed by atoms with Crippen molar-refractivity contribution in [2.75, 3.05) is 11.4 Å². The van der Waals surface area contributed by atoms with Crippen LogP contribution in [0.25, 0.3) is 0 Å². The quantitative estimate of drug-likeness (QED) is 0.472. The molecule has 1 saturated heterocycles. The molecule has 0 aromatic carbocycles. The molecular weight excluding hydrogens is 301 g/mol. The van der Waals surface area contributed by atoms with Gasteiger partial charge in [0.1, 0.15) is 10.7 Å². The van der Waals surface area contributed by atoms with Crippen LogP contribution in [0.1, 0.15) is 6.42 Å². The second-order valence-electron chi connectivity index (χ2n) is 3.46. The number of carbonyl (C=O) groups is 1. The maximum absolute atomic E-state index is 12.8. The molecule has 1 unspecified atom stereocenters. The van der Waals surface area contributed by atoms with E-state index in [1.165, 1.54) is 6.20 Å². The summed E-state index contributed by atoms with van der Waals surface area (Å²) in [4.78, 5) is 16.6. The zero-order valence-electron chi connectivity index (χ0n) is 8.74. The van der Waals surface area contributed by atoms with Crippen molar-refractivity contribution >= 4 is 44.4 Å². The molecule has 1 aromatic heterocycles. The molecule has 0 aliphatic carbocycles. The van der Waals surface area contributed by atoms with Crippen LogP contribution in [0, 0.1) is 10.7 Å². The van der Waals surface area contributed by atoms with Gasteiger partial charge in [-0.25, -0.2) is 4.98 Å². The smallest absolute Gasteiger partial charge is 0.287 e. The van der Waals surface area contributed by atoms with Gasteiger partial charge in [0.05, 0.1) is 10.4 Å². The van der Waals surface area contributed by atoms with Crippen molar-refractivity contribution in [3.05, 3.63) is 6.20 Å². The molecule has 0 saturated carbocycles. The van der Waals surface area contributed by atoms with E-state index in [-0.39, 0.29) is 18.1 Å². The van der Waals surface area contributed by atoms with Gasteiger partial charge in [-0.1, -0.05) is 11.3 Å². The second-order valence-corrected chi connectivity index (χ2v) is 7.17. The van der Waals surface area contributed by atoms with Crippen LogP contribution in [-0.4, -0.2) is 31.1 Å². The molecule has 1 aliphatic heterocycles. The highest BCUT2D eigenvalue weighted by atomic mass is 32.3. The van der Waals surface area contributed by atoms with Gasteiger partial charge in [0.2, 0.25) is 5.91 Å². The third-order valence-electron chi connectivity index (χ3n) is 2.34. The van der Waals surface area contributed by atoms with Gasteiger partial charge in [-0.15, -0.1) is 3.89 Å². The Hall–Kier alpha value is -1.18. The first-order valence-electron chi connectivity index (χ1n) is 4.67. The first-order valence-corrected chi connectivity index (χ1v) is 7.75. The summed E-state index contributed by atoms with van der Waals surface area (Å²) in [5, 5.41) is 9.29. The number of nitriles is 1. The molecule has 18 heavy (non-hydrogen) atoms. The van der Waals surface area contributed by atoms with Gasteiger partial charge in [-0.05, 0) is 0 Å². The molecule has 1 atom stereocenters. The number of hydrogen-bond acceptors (Lipinski definition) is 7. The molecule has 10 heteroatoms. The SMILES string of the molecule is N#CSc1cnc(N2CC(S(=O)(=O)F)CC2=O)s1. The number of carbonyl (C=O) groups excluding carboxylic acids is 1. The first-order chi connectivity index (χ1) is 8.41. The fourth-order valence-corrected chi connectivity index (χ4v) is 3.56. The van der Waals surface area contributed by atoms with Crippen LogP contribution < -0.4 is 4.90 Å². The lowest BCUT2D eigenvalue weighted by Crippen LogP contribution is -2.26. The molecule has 6 nitrogen and oxygen atoms in total. The van der Waals surface area contributed by atoms with E-state index in [0.717, 1.165) is 28.0 Å². The predicted molar refractivity (Wildman–Crippen MR) is 64.4 cm³/mol. The van der Waals surface area contributed by atoms with Gasteiger partial charge in [-0.2, -0.15) is 13.7 Å². The average Bonchev–Trinajstić information content (AvgIpc) is 2.84. The summed E-state index contributed by atoms with van der Waals surface area (Å²) in [5.74, 6) is -0.482. The molecule has 2 heterocycles. The van der Waals surface area contributed by atoms with Crippen molar-refractivity contribution < 1.29 is 17.1 Å². The molecule has 96 valence electrons. The normalized spacial score (nSPS) is 20.1. The summed E-state index contributed by atoms with van der Waals surface area (Å²) in [6, 6.07) is 0. The largest absolute Gasteiger partial charge is 0.307 e. The monoisotopic (exact) mass is 307 g/mol. The van der Waals surface area contributed by atoms with Crippen LogP contribution in [0.2, 0.25) is 0 Å². The van der Waals surface area contributed by atoms with Crippen molar-refractivity contribution in [2.45, 2.75) is 15.9 Å². The highest BCUT2D eigenvalue weighted by Crippen LogP contribution is 2.33. The standard InChI is InChI=1S/C8H6FN3O3S3/c9-18(14,15)5-1-6(13)12(3-5)8-11-2-7(17-8)16-4-10/h2,5H,1,3H2. The summed E-state index contributed by atoms with van der Waals surface area (Å²) in [5.41, 5.74) is 0. The zero-order valence-corrected chi connectivity index (χ0v) is 11.2. The fraction of sp³-hybridized carbons (Fsp3) is 0.375. The van der Waals surface area contributed by atoms with Crippen molar-refractivity contribution in [1.29, 1.82) is 5.26 Å². The van der Waals surface area contributed by atoms with E-state index in [0.29, 0.717) is 4.21 Å². The summed E-state index contributed by atoms with van der Waals surface area (Å²) in [7, 11) is -4.72. The molecular formula is C8H6FN3O3S3. The van der Waals surface area contributed by atoms with Crippen LogP contribution >= 0.6 is 23.1 Å². The summed E-state index contributed by atoms with van der Waals surface area (Å²) >= 11 is 1.98. The van der Waals surface area contributed by atoms with Crippen LogP contribution in [0.5, 0.6) is 0 Å². The van der Waals surface area contributed by atoms with Gasteiger partial charge in [0.15, 0.2) is 5.13 Å². The molecule has 0 spiro atoms. The lowest BCUT2D eigenvalue weighted by molar-refractivity contribution is -0.117. The Morgan fingerprint density at radius 2 is 2.39 bits per heavy atom. The molecule has 1 amide bonds. The Balaban J connectivity index is 2.19. The molecule has 0 N–H and O–H groups in total. The molecule has 1 aromatic rings. The van der Waals surface area contributed by atoms with Crippen LogP contribution in [0.4, 0.5) is 9.02 Å². The third kappa shape index (κ3) is 2.63. The molecule has 1 fully saturated rings. The summed E-state index contributed by atoms with van der Waals surface area (Å²) in [6.07, 6.45) is 1.04. The number of rotatable bonds is 3. The van der Waals surface area contributed by atoms with Crippen LogP contribution in [0.3, 0.4) is 0 Å². The predicted octanol–water partition coefficient (Wildman–Crippen LogP) is 1.12. The van der Waals surface area contributed by atoms with E-state index in [1.807, 2.05) is 5.40 Å². The van der Waals surface area contributed by atoms with Gasteiger partial charge < -0.3 is 0 Å². The van der Waals surface area contributed by atoms with Gasteiger partial charge in [0.25, 0.3) is 0 Å². The average molecular weight is 307 g/mol. The Morgan fingerprint density at radius 3 is 2.94 bits per heavy atom. The highest BCUT2D eigenvalue weighted by Gasteiger charge is 2.40. The van der Waals surface area contributed by atoms with Crippen molar-refractivity contribution in [3.8, 4) is 5.40 Å².